The summed E-state index contributed by atoms with van der Waals surface area (Å²) in [5, 5.41) is 0. The lowest BCUT2D eigenvalue weighted by molar-refractivity contribution is -0.118. The monoisotopic (exact) mass is 275 g/mol. The smallest absolute Gasteiger partial charge is 0.233 e. The molecule has 2 nitrogen and oxygen atoms in total. The molecule has 1 rings (SSSR count). The van der Waals surface area contributed by atoms with Crippen LogP contribution in [0.5, 0.6) is 0 Å². The molecular weight excluding hydrogens is 254 g/mol. The topological polar surface area (TPSA) is 29.1 Å². The van der Waals surface area contributed by atoms with Crippen molar-refractivity contribution < 1.29 is 4.79 Å². The van der Waals surface area contributed by atoms with Crippen molar-refractivity contribution in [2.45, 2.75) is 26.7 Å². The van der Waals surface area contributed by atoms with Crippen LogP contribution in [0.1, 0.15) is 30.9 Å². The lowest BCUT2D eigenvalue weighted by Crippen LogP contribution is -2.13. The number of hydrogen-bond acceptors (Lipinski definition) is 2. The van der Waals surface area contributed by atoms with Gasteiger partial charge in [-0.05, 0) is 24.5 Å². The minimum atomic E-state index is 0.0310. The van der Waals surface area contributed by atoms with E-state index in [1.165, 1.54) is 28.6 Å². The Morgan fingerprint density at radius 1 is 1.32 bits per heavy atom. The van der Waals surface area contributed by atoms with Crippen LogP contribution >= 0.6 is 11.9 Å². The summed E-state index contributed by atoms with van der Waals surface area (Å²) in [5.74, 6) is 0.0310. The van der Waals surface area contributed by atoms with E-state index in [1.54, 1.807) is 0 Å². The van der Waals surface area contributed by atoms with Crippen LogP contribution in [-0.4, -0.2) is 12.2 Å². The molecule has 0 aliphatic carbocycles. The standard InChI is InChI=1S/C16H21NOS/c1-4-6-14(7-5-8-16(18)17-19-3)15-11-9-13(2)10-12-15/h5-7,9-12H,4,8H2,1-3H3,(H,17,18)/b7-5-,14-6+. The van der Waals surface area contributed by atoms with Gasteiger partial charge in [0, 0.05) is 12.7 Å². The minimum Gasteiger partial charge on any atom is -0.300 e. The number of rotatable bonds is 6. The van der Waals surface area contributed by atoms with E-state index in [0.717, 1.165) is 6.42 Å². The van der Waals surface area contributed by atoms with Crippen molar-refractivity contribution >= 4 is 23.4 Å². The number of benzene rings is 1. The predicted octanol–water partition coefficient (Wildman–Crippen LogP) is 4.13. The van der Waals surface area contributed by atoms with E-state index in [-0.39, 0.29) is 5.91 Å². The Hall–Kier alpha value is -1.48. The van der Waals surface area contributed by atoms with E-state index in [2.05, 4.69) is 48.9 Å². The number of allylic oxidation sites excluding steroid dienone is 3. The van der Waals surface area contributed by atoms with E-state index in [1.807, 2.05) is 18.4 Å². The Labute approximate surface area is 120 Å². The van der Waals surface area contributed by atoms with Gasteiger partial charge in [-0.1, -0.05) is 66.9 Å². The van der Waals surface area contributed by atoms with Crippen molar-refractivity contribution in [3.63, 3.8) is 0 Å². The molecule has 1 amide bonds. The summed E-state index contributed by atoms with van der Waals surface area (Å²) in [6, 6.07) is 8.44. The Balaban J connectivity index is 2.74. The fraction of sp³-hybridized carbons (Fsp3) is 0.312. The normalized spacial score (nSPS) is 11.8. The summed E-state index contributed by atoms with van der Waals surface area (Å²) in [4.78, 5) is 11.4. The van der Waals surface area contributed by atoms with Gasteiger partial charge in [-0.25, -0.2) is 0 Å². The average Bonchev–Trinajstić information content (AvgIpc) is 2.39. The molecule has 0 aromatic heterocycles. The Morgan fingerprint density at radius 3 is 2.58 bits per heavy atom. The van der Waals surface area contributed by atoms with Crippen LogP contribution in [0.15, 0.2) is 42.5 Å². The third-order valence-corrected chi connectivity index (χ3v) is 3.06. The molecule has 1 aromatic rings. The molecule has 0 bridgehead atoms. The first-order chi connectivity index (χ1) is 9.17. The molecule has 1 N–H and O–H groups in total. The van der Waals surface area contributed by atoms with Gasteiger partial charge in [0.15, 0.2) is 0 Å². The van der Waals surface area contributed by atoms with Gasteiger partial charge in [-0.3, -0.25) is 4.79 Å². The van der Waals surface area contributed by atoms with E-state index in [9.17, 15) is 4.79 Å². The maximum Gasteiger partial charge on any atom is 0.233 e. The van der Waals surface area contributed by atoms with Crippen LogP contribution in [-0.2, 0) is 4.79 Å². The van der Waals surface area contributed by atoms with Crippen LogP contribution in [0.2, 0.25) is 0 Å². The Kier molecular flexibility index (Phi) is 7.04. The zero-order valence-corrected chi connectivity index (χ0v) is 12.6. The zero-order chi connectivity index (χ0) is 14.1. The molecule has 0 fully saturated rings. The van der Waals surface area contributed by atoms with Crippen molar-refractivity contribution in [2.24, 2.45) is 0 Å². The molecule has 0 aliphatic rings. The second-order valence-electron chi connectivity index (χ2n) is 4.27. The first kappa shape index (κ1) is 15.6. The summed E-state index contributed by atoms with van der Waals surface area (Å²) in [6.45, 7) is 4.19. The third-order valence-electron chi connectivity index (χ3n) is 2.63. The van der Waals surface area contributed by atoms with Gasteiger partial charge >= 0.3 is 0 Å². The summed E-state index contributed by atoms with van der Waals surface area (Å²) >= 11 is 1.33. The fourth-order valence-electron chi connectivity index (χ4n) is 1.70. The van der Waals surface area contributed by atoms with Gasteiger partial charge in [0.05, 0.1) is 0 Å². The lowest BCUT2D eigenvalue weighted by atomic mass is 10.0. The first-order valence-electron chi connectivity index (χ1n) is 6.43. The van der Waals surface area contributed by atoms with Gasteiger partial charge in [-0.15, -0.1) is 0 Å². The highest BCUT2D eigenvalue weighted by Crippen LogP contribution is 2.17. The maximum atomic E-state index is 11.4. The quantitative estimate of drug-likeness (QED) is 0.625. The SMILES string of the molecule is CC/C=C(\C=C/CC(=O)NSC)c1ccc(C)cc1. The second kappa shape index (κ2) is 8.59. The molecule has 0 radical (unpaired) electrons. The van der Waals surface area contributed by atoms with Crippen LogP contribution in [0, 0.1) is 6.92 Å². The summed E-state index contributed by atoms with van der Waals surface area (Å²) in [7, 11) is 0. The molecular formula is C16H21NOS. The summed E-state index contributed by atoms with van der Waals surface area (Å²) in [5.41, 5.74) is 3.61. The van der Waals surface area contributed by atoms with Crippen LogP contribution in [0.4, 0.5) is 0 Å². The van der Waals surface area contributed by atoms with Gasteiger partial charge in [-0.2, -0.15) is 0 Å². The van der Waals surface area contributed by atoms with Gasteiger partial charge in [0.25, 0.3) is 0 Å². The molecule has 0 spiro atoms. The molecule has 1 aromatic carbocycles. The van der Waals surface area contributed by atoms with E-state index in [0.29, 0.717) is 6.42 Å². The van der Waals surface area contributed by atoms with Gasteiger partial charge in [0.1, 0.15) is 0 Å². The van der Waals surface area contributed by atoms with Crippen molar-refractivity contribution in [3.8, 4) is 0 Å². The highest BCUT2D eigenvalue weighted by atomic mass is 32.2. The highest BCUT2D eigenvalue weighted by molar-refractivity contribution is 7.97. The molecule has 0 aliphatic heterocycles. The molecule has 19 heavy (non-hydrogen) atoms. The summed E-state index contributed by atoms with van der Waals surface area (Å²) in [6.07, 6.45) is 9.34. The van der Waals surface area contributed by atoms with E-state index < -0.39 is 0 Å². The largest absolute Gasteiger partial charge is 0.300 e. The average molecular weight is 275 g/mol. The molecule has 3 heteroatoms. The van der Waals surface area contributed by atoms with Crippen molar-refractivity contribution in [3.05, 3.63) is 53.6 Å². The summed E-state index contributed by atoms with van der Waals surface area (Å²) < 4.78 is 2.71. The third kappa shape index (κ3) is 5.79. The number of carbonyl (C=O) groups is 1. The number of aryl methyl sites for hydroxylation is 1. The van der Waals surface area contributed by atoms with Crippen LogP contribution in [0.3, 0.4) is 0 Å². The van der Waals surface area contributed by atoms with Crippen molar-refractivity contribution in [1.82, 2.24) is 4.72 Å². The number of amides is 1. The Bertz CT molecular complexity index is 460. The van der Waals surface area contributed by atoms with Crippen molar-refractivity contribution in [1.29, 1.82) is 0 Å². The lowest BCUT2D eigenvalue weighted by Gasteiger charge is -2.03. The van der Waals surface area contributed by atoms with Crippen LogP contribution in [0.25, 0.3) is 5.57 Å². The van der Waals surface area contributed by atoms with Gasteiger partial charge < -0.3 is 4.72 Å². The molecule has 0 heterocycles. The predicted molar refractivity (Wildman–Crippen MR) is 84.9 cm³/mol. The molecule has 102 valence electrons. The molecule has 0 atom stereocenters. The second-order valence-corrected chi connectivity index (χ2v) is 4.88. The highest BCUT2D eigenvalue weighted by Gasteiger charge is 1.99. The zero-order valence-electron chi connectivity index (χ0n) is 11.8. The number of nitrogens with one attached hydrogen (secondary N) is 1. The molecule has 0 saturated heterocycles. The first-order valence-corrected chi connectivity index (χ1v) is 7.65. The van der Waals surface area contributed by atoms with Gasteiger partial charge in [0.2, 0.25) is 5.91 Å². The van der Waals surface area contributed by atoms with Crippen molar-refractivity contribution in [2.75, 3.05) is 6.26 Å². The van der Waals surface area contributed by atoms with E-state index in [4.69, 9.17) is 0 Å². The maximum absolute atomic E-state index is 11.4. The number of carbonyl (C=O) groups excluding carboxylic acids is 1. The minimum absolute atomic E-state index is 0.0310. The van der Waals surface area contributed by atoms with E-state index >= 15 is 0 Å². The molecule has 0 saturated carbocycles. The Morgan fingerprint density at radius 2 is 2.00 bits per heavy atom. The molecule has 0 unspecified atom stereocenters. The fourth-order valence-corrected chi connectivity index (χ4v) is 2.01. The number of hydrogen-bond donors (Lipinski definition) is 1. The van der Waals surface area contributed by atoms with Crippen LogP contribution < -0.4 is 4.72 Å².